The van der Waals surface area contributed by atoms with Gasteiger partial charge in [-0.2, -0.15) is 43.9 Å². The lowest BCUT2D eigenvalue weighted by molar-refractivity contribution is -0.431. The van der Waals surface area contributed by atoms with Crippen molar-refractivity contribution in [1.82, 2.24) is 0 Å². The van der Waals surface area contributed by atoms with E-state index < -0.39 is 62.8 Å². The van der Waals surface area contributed by atoms with E-state index in [1.165, 1.54) is 0 Å². The molecular weight excluding hydrogens is 454 g/mol. The first-order chi connectivity index (χ1) is 14.0. The summed E-state index contributed by atoms with van der Waals surface area (Å²) in [4.78, 5) is 0. The highest BCUT2D eigenvalue weighted by atomic mass is 19.4. The van der Waals surface area contributed by atoms with E-state index in [-0.39, 0.29) is 12.8 Å². The largest absolute Gasteiger partial charge is 0.391 e. The van der Waals surface area contributed by atoms with Gasteiger partial charge in [0.25, 0.3) is 0 Å². The van der Waals surface area contributed by atoms with Crippen molar-refractivity contribution >= 4 is 0 Å². The third-order valence-corrected chi connectivity index (χ3v) is 3.99. The summed E-state index contributed by atoms with van der Waals surface area (Å²) in [5.41, 5.74) is 0. The van der Waals surface area contributed by atoms with Crippen LogP contribution >= 0.6 is 0 Å². The van der Waals surface area contributed by atoms with Crippen molar-refractivity contribution in [1.29, 1.82) is 0 Å². The summed E-state index contributed by atoms with van der Waals surface area (Å²) < 4.78 is 145. The monoisotopic (exact) mass is 482 g/mol. The molecule has 0 amide bonds. The molecule has 0 saturated carbocycles. The third-order valence-electron chi connectivity index (χ3n) is 3.99. The van der Waals surface area contributed by atoms with Crippen LogP contribution < -0.4 is 0 Å². The van der Waals surface area contributed by atoms with Gasteiger partial charge >= 0.3 is 24.6 Å². The molecule has 188 valence electrons. The lowest BCUT2D eigenvalue weighted by Gasteiger charge is -2.34. The van der Waals surface area contributed by atoms with Gasteiger partial charge in [-0.1, -0.05) is 39.5 Å². The van der Waals surface area contributed by atoms with E-state index in [2.05, 4.69) is 14.2 Å². The first-order valence-electron chi connectivity index (χ1n) is 9.86. The molecule has 0 fully saturated rings. The first-order valence-corrected chi connectivity index (χ1v) is 9.86. The number of ether oxygens (including phenoxy) is 3. The van der Waals surface area contributed by atoms with Crippen molar-refractivity contribution in [3.63, 3.8) is 0 Å². The van der Waals surface area contributed by atoms with Crippen molar-refractivity contribution in [3.8, 4) is 0 Å². The number of rotatable bonds is 16. The number of halogens is 10. The zero-order chi connectivity index (χ0) is 24.3. The van der Waals surface area contributed by atoms with Gasteiger partial charge in [-0.15, -0.1) is 0 Å². The average Bonchev–Trinajstić information content (AvgIpc) is 2.57. The summed E-state index contributed by atoms with van der Waals surface area (Å²) in [5.74, 6) is 0. The lowest BCUT2D eigenvalue weighted by atomic mass is 10.2. The Morgan fingerprint density at radius 1 is 0.548 bits per heavy atom. The number of hydrogen-bond acceptors (Lipinski definition) is 3. The molecule has 13 heteroatoms. The van der Waals surface area contributed by atoms with E-state index in [1.54, 1.807) is 13.8 Å². The molecule has 0 aromatic rings. The van der Waals surface area contributed by atoms with Gasteiger partial charge < -0.3 is 9.47 Å². The van der Waals surface area contributed by atoms with Crippen LogP contribution in [0.15, 0.2) is 0 Å². The molecule has 0 aliphatic carbocycles. The standard InChI is InChI=1S/C18H28F10O3/c1-3-5-7-9-29-13(11-15(19,20)21)17(25,26)31-18(27,28)14(12-16(22,23)24)30-10-8-6-4-2/h13-14H,3-12H2,1-2H3. The fourth-order valence-corrected chi connectivity index (χ4v) is 2.44. The summed E-state index contributed by atoms with van der Waals surface area (Å²) in [6, 6.07) is 0. The molecule has 2 unspecified atom stereocenters. The van der Waals surface area contributed by atoms with Gasteiger partial charge in [0.2, 0.25) is 0 Å². The molecule has 3 nitrogen and oxygen atoms in total. The highest BCUT2D eigenvalue weighted by molar-refractivity contribution is 4.80. The molecule has 0 aromatic heterocycles. The summed E-state index contributed by atoms with van der Waals surface area (Å²) in [7, 11) is 0. The maximum atomic E-state index is 14.2. The van der Waals surface area contributed by atoms with Crippen LogP contribution in [-0.4, -0.2) is 50.0 Å². The van der Waals surface area contributed by atoms with E-state index in [0.717, 1.165) is 0 Å². The van der Waals surface area contributed by atoms with E-state index >= 15 is 0 Å². The quantitative estimate of drug-likeness (QED) is 0.171. The molecule has 0 aliphatic heterocycles. The molecule has 0 spiro atoms. The van der Waals surface area contributed by atoms with Crippen molar-refractivity contribution in [3.05, 3.63) is 0 Å². The van der Waals surface area contributed by atoms with Crippen LogP contribution in [0.1, 0.15) is 65.2 Å². The number of hydrogen-bond donors (Lipinski definition) is 0. The molecule has 0 radical (unpaired) electrons. The predicted octanol–water partition coefficient (Wildman–Crippen LogP) is 7.24. The second-order valence-corrected chi connectivity index (χ2v) is 7.00. The van der Waals surface area contributed by atoms with Crippen molar-refractivity contribution in [2.45, 2.75) is 102 Å². The second-order valence-electron chi connectivity index (χ2n) is 7.00. The maximum absolute atomic E-state index is 14.2. The van der Waals surface area contributed by atoms with Crippen molar-refractivity contribution < 1.29 is 58.1 Å². The maximum Gasteiger partial charge on any atom is 0.391 e. The highest BCUT2D eigenvalue weighted by Crippen LogP contribution is 2.40. The highest BCUT2D eigenvalue weighted by Gasteiger charge is 2.58. The second kappa shape index (κ2) is 13.0. The van der Waals surface area contributed by atoms with Gasteiger partial charge in [0.1, 0.15) is 0 Å². The summed E-state index contributed by atoms with van der Waals surface area (Å²) in [5, 5.41) is 0. The number of unbranched alkanes of at least 4 members (excludes halogenated alkanes) is 4. The van der Waals surface area contributed by atoms with Crippen molar-refractivity contribution in [2.24, 2.45) is 0 Å². The Kier molecular flexibility index (Phi) is 12.7. The number of alkyl halides is 10. The van der Waals surface area contributed by atoms with Crippen LogP contribution in [0, 0.1) is 0 Å². The Bertz CT molecular complexity index is 438. The Labute approximate surface area is 174 Å². The van der Waals surface area contributed by atoms with Crippen LogP contribution in [0.2, 0.25) is 0 Å². The van der Waals surface area contributed by atoms with E-state index in [9.17, 15) is 43.9 Å². The van der Waals surface area contributed by atoms with Gasteiger partial charge in [-0.3, -0.25) is 4.74 Å². The van der Waals surface area contributed by atoms with E-state index in [4.69, 9.17) is 0 Å². The fraction of sp³-hybridized carbons (Fsp3) is 1.00. The Morgan fingerprint density at radius 3 is 1.13 bits per heavy atom. The minimum absolute atomic E-state index is 0.0779. The SMILES string of the molecule is CCCCCOC(CC(F)(F)F)C(F)(F)OC(F)(F)C(CC(F)(F)F)OCCCCC. The fourth-order valence-electron chi connectivity index (χ4n) is 2.44. The summed E-state index contributed by atoms with van der Waals surface area (Å²) in [6.45, 7) is 2.23. The average molecular weight is 482 g/mol. The molecule has 0 saturated heterocycles. The van der Waals surface area contributed by atoms with Gasteiger partial charge in [-0.05, 0) is 12.8 Å². The lowest BCUT2D eigenvalue weighted by Crippen LogP contribution is -2.51. The molecule has 0 rings (SSSR count). The van der Waals surface area contributed by atoms with Gasteiger partial charge in [0.05, 0.1) is 12.8 Å². The molecule has 0 aliphatic rings. The normalized spacial score (nSPS) is 15.9. The molecule has 0 bridgehead atoms. The van der Waals surface area contributed by atoms with Crippen molar-refractivity contribution in [2.75, 3.05) is 13.2 Å². The summed E-state index contributed by atoms with van der Waals surface area (Å²) >= 11 is 0. The van der Waals surface area contributed by atoms with Crippen LogP contribution in [0.25, 0.3) is 0 Å². The van der Waals surface area contributed by atoms with E-state index in [1.807, 2.05) is 0 Å². The molecule has 2 atom stereocenters. The molecule has 0 heterocycles. The van der Waals surface area contributed by atoms with Gasteiger partial charge in [0, 0.05) is 13.2 Å². The minimum atomic E-state index is -5.23. The van der Waals surface area contributed by atoms with E-state index in [0.29, 0.717) is 25.7 Å². The van der Waals surface area contributed by atoms with Gasteiger partial charge in [0.15, 0.2) is 12.2 Å². The molecule has 31 heavy (non-hydrogen) atoms. The smallest absolute Gasteiger partial charge is 0.369 e. The van der Waals surface area contributed by atoms with Crippen LogP contribution in [0.5, 0.6) is 0 Å². The molecular formula is C18H28F10O3. The zero-order valence-corrected chi connectivity index (χ0v) is 17.2. The Hall–Kier alpha value is -0.820. The predicted molar refractivity (Wildman–Crippen MR) is 90.9 cm³/mol. The third kappa shape index (κ3) is 14.0. The molecule has 0 N–H and O–H groups in total. The van der Waals surface area contributed by atoms with Crippen LogP contribution in [0.4, 0.5) is 43.9 Å². The summed E-state index contributed by atoms with van der Waals surface area (Å²) in [6.07, 6.45) is -29.8. The molecule has 0 aromatic carbocycles. The van der Waals surface area contributed by atoms with Crippen LogP contribution in [0.3, 0.4) is 0 Å². The van der Waals surface area contributed by atoms with Crippen LogP contribution in [-0.2, 0) is 14.2 Å². The topological polar surface area (TPSA) is 27.7 Å². The minimum Gasteiger partial charge on any atom is -0.369 e. The first kappa shape index (κ1) is 30.2. The zero-order valence-electron chi connectivity index (χ0n) is 17.2. The Morgan fingerprint density at radius 2 is 0.871 bits per heavy atom. The van der Waals surface area contributed by atoms with Gasteiger partial charge in [-0.25, -0.2) is 0 Å². The Balaban J connectivity index is 5.45.